The van der Waals surface area contributed by atoms with Gasteiger partial charge in [0.1, 0.15) is 17.3 Å². The number of ether oxygens (including phenoxy) is 1. The van der Waals surface area contributed by atoms with Crippen molar-refractivity contribution in [3.05, 3.63) is 129 Å². The Labute approximate surface area is 227 Å². The third-order valence-electron chi connectivity index (χ3n) is 5.75. The van der Waals surface area contributed by atoms with Crippen LogP contribution in [0.4, 0.5) is 15.8 Å². The molecule has 5 rings (SSSR count). The predicted octanol–water partition coefficient (Wildman–Crippen LogP) is 6.39. The zero-order valence-electron chi connectivity index (χ0n) is 20.7. The van der Waals surface area contributed by atoms with Crippen molar-refractivity contribution >= 4 is 28.9 Å². The largest absolute Gasteiger partial charge is 0.467 e. The van der Waals surface area contributed by atoms with Crippen molar-refractivity contribution in [3.8, 4) is 17.2 Å². The summed E-state index contributed by atoms with van der Waals surface area (Å²) in [6, 6.07) is 20.7. The van der Waals surface area contributed by atoms with Gasteiger partial charge in [0.05, 0.1) is 24.7 Å². The minimum absolute atomic E-state index is 0.0370. The zero-order valence-corrected chi connectivity index (χ0v) is 21.4. The quantitative estimate of drug-likeness (QED) is 0.235. The molecule has 2 heterocycles. The van der Waals surface area contributed by atoms with E-state index in [0.717, 1.165) is 10.2 Å². The smallest absolute Gasteiger partial charge is 0.299 e. The summed E-state index contributed by atoms with van der Waals surface area (Å²) >= 11 is 6.14. The average Bonchev–Trinajstić information content (AvgIpc) is 3.45. The van der Waals surface area contributed by atoms with E-state index < -0.39 is 11.4 Å². The molecular weight excluding hydrogens is 523 g/mol. The van der Waals surface area contributed by atoms with Gasteiger partial charge in [-0.1, -0.05) is 23.7 Å². The molecule has 0 saturated heterocycles. The summed E-state index contributed by atoms with van der Waals surface area (Å²) in [7, 11) is 0. The lowest BCUT2D eigenvalue weighted by molar-refractivity contribution is 0.0948. The van der Waals surface area contributed by atoms with Crippen molar-refractivity contribution in [2.75, 3.05) is 5.32 Å². The Bertz CT molecular complexity index is 1700. The molecular formula is C29H22ClFN4O4. The molecule has 196 valence electrons. The van der Waals surface area contributed by atoms with Gasteiger partial charge >= 0.3 is 0 Å². The van der Waals surface area contributed by atoms with E-state index in [4.69, 9.17) is 20.8 Å². The van der Waals surface area contributed by atoms with Crippen LogP contribution in [0.1, 0.15) is 21.7 Å². The highest BCUT2D eigenvalue weighted by atomic mass is 35.5. The fraction of sp³-hybridized carbons (Fsp3) is 0.0690. The molecule has 0 bridgehead atoms. The normalized spacial score (nSPS) is 10.7. The molecule has 1 amide bonds. The van der Waals surface area contributed by atoms with Crippen molar-refractivity contribution in [1.82, 2.24) is 15.1 Å². The Morgan fingerprint density at radius 2 is 1.92 bits per heavy atom. The summed E-state index contributed by atoms with van der Waals surface area (Å²) in [6.07, 6.45) is 2.89. The first-order valence-corrected chi connectivity index (χ1v) is 12.2. The first kappa shape index (κ1) is 25.7. The van der Waals surface area contributed by atoms with Crippen molar-refractivity contribution in [1.29, 1.82) is 0 Å². The number of carbonyl (C=O) groups is 1. The van der Waals surface area contributed by atoms with Gasteiger partial charge in [0.25, 0.3) is 11.5 Å². The number of carbonyl (C=O) groups excluding carboxylic acids is 1. The summed E-state index contributed by atoms with van der Waals surface area (Å²) in [5.74, 6) is 0.348. The van der Waals surface area contributed by atoms with Gasteiger partial charge in [-0.25, -0.2) is 4.39 Å². The minimum atomic E-state index is -0.587. The van der Waals surface area contributed by atoms with Gasteiger partial charge in [-0.2, -0.15) is 9.78 Å². The summed E-state index contributed by atoms with van der Waals surface area (Å²) < 4.78 is 26.2. The van der Waals surface area contributed by atoms with E-state index in [1.807, 2.05) is 6.92 Å². The highest BCUT2D eigenvalue weighted by Gasteiger charge is 2.17. The van der Waals surface area contributed by atoms with E-state index in [-0.39, 0.29) is 29.6 Å². The van der Waals surface area contributed by atoms with E-state index in [2.05, 4.69) is 15.7 Å². The number of rotatable bonds is 8. The fourth-order valence-corrected chi connectivity index (χ4v) is 3.91. The van der Waals surface area contributed by atoms with Crippen LogP contribution in [0.15, 0.2) is 101 Å². The molecule has 3 aromatic carbocycles. The van der Waals surface area contributed by atoms with Gasteiger partial charge in [0.2, 0.25) is 0 Å². The molecule has 0 radical (unpaired) electrons. The van der Waals surface area contributed by atoms with Crippen LogP contribution in [-0.2, 0) is 6.54 Å². The molecule has 39 heavy (non-hydrogen) atoms. The lowest BCUT2D eigenvalue weighted by Crippen LogP contribution is -2.24. The maximum Gasteiger partial charge on any atom is 0.299 e. The number of anilines is 2. The molecule has 0 atom stereocenters. The molecule has 2 N–H and O–H groups in total. The number of aromatic nitrogens is 2. The van der Waals surface area contributed by atoms with E-state index in [0.29, 0.717) is 27.8 Å². The topological polar surface area (TPSA) is 98.4 Å². The van der Waals surface area contributed by atoms with Gasteiger partial charge in [-0.3, -0.25) is 9.59 Å². The Morgan fingerprint density at radius 3 is 2.69 bits per heavy atom. The number of nitrogens with zero attached hydrogens (tertiary/aromatic N) is 2. The number of hydrogen-bond donors (Lipinski definition) is 2. The first-order valence-electron chi connectivity index (χ1n) is 11.9. The molecule has 0 aliphatic carbocycles. The monoisotopic (exact) mass is 544 g/mol. The molecule has 0 saturated carbocycles. The molecule has 5 aromatic rings. The third-order valence-corrected chi connectivity index (χ3v) is 6.17. The average molecular weight is 545 g/mol. The highest BCUT2D eigenvalue weighted by molar-refractivity contribution is 6.31. The van der Waals surface area contributed by atoms with Gasteiger partial charge in [0, 0.05) is 16.3 Å². The van der Waals surface area contributed by atoms with Crippen LogP contribution >= 0.6 is 11.6 Å². The summed E-state index contributed by atoms with van der Waals surface area (Å²) in [5.41, 5.74) is 1.29. The highest BCUT2D eigenvalue weighted by Crippen LogP contribution is 2.31. The lowest BCUT2D eigenvalue weighted by atomic mass is 10.2. The maximum atomic E-state index is 13.9. The number of hydrogen-bond acceptors (Lipinski definition) is 6. The molecule has 10 heteroatoms. The third kappa shape index (κ3) is 6.00. The Kier molecular flexibility index (Phi) is 7.42. The number of benzene rings is 3. The van der Waals surface area contributed by atoms with Gasteiger partial charge in [-0.05, 0) is 79.2 Å². The van der Waals surface area contributed by atoms with Crippen molar-refractivity contribution in [2.24, 2.45) is 0 Å². The fourth-order valence-electron chi connectivity index (χ4n) is 3.80. The molecule has 0 spiro atoms. The van der Waals surface area contributed by atoms with Crippen molar-refractivity contribution < 1.29 is 18.3 Å². The van der Waals surface area contributed by atoms with Crippen LogP contribution in [-0.4, -0.2) is 15.7 Å². The Balaban J connectivity index is 1.49. The van der Waals surface area contributed by atoms with E-state index >= 15 is 0 Å². The Morgan fingerprint density at radius 1 is 1.08 bits per heavy atom. The molecule has 0 fully saturated rings. The van der Waals surface area contributed by atoms with E-state index in [1.165, 1.54) is 30.7 Å². The second-order valence-electron chi connectivity index (χ2n) is 8.56. The Hall–Kier alpha value is -4.89. The van der Waals surface area contributed by atoms with Crippen molar-refractivity contribution in [3.63, 3.8) is 0 Å². The zero-order chi connectivity index (χ0) is 27.4. The minimum Gasteiger partial charge on any atom is -0.467 e. The summed E-state index contributed by atoms with van der Waals surface area (Å²) in [5, 5.41) is 10.6. The molecule has 2 aromatic heterocycles. The standard InChI is InChI=1S/C29H22ClFN4O4/c1-18-13-23(10-11-25(18)30)39-26-17-33-35(22-8-3-6-20(31)15-22)29(37)27(26)34-21-7-2-5-19(14-21)28(36)32-16-24-9-4-12-38-24/h2-15,17,34H,16H2,1H3,(H,32,36). The molecule has 8 nitrogen and oxygen atoms in total. The van der Waals surface area contributed by atoms with Gasteiger partial charge in [0.15, 0.2) is 11.4 Å². The van der Waals surface area contributed by atoms with Gasteiger partial charge in [-0.15, -0.1) is 0 Å². The van der Waals surface area contributed by atoms with Crippen molar-refractivity contribution in [2.45, 2.75) is 13.5 Å². The van der Waals surface area contributed by atoms with E-state index in [9.17, 15) is 14.0 Å². The van der Waals surface area contributed by atoms with Crippen LogP contribution in [0.3, 0.4) is 0 Å². The van der Waals surface area contributed by atoms with Crippen LogP contribution in [0.2, 0.25) is 5.02 Å². The lowest BCUT2D eigenvalue weighted by Gasteiger charge is -2.15. The summed E-state index contributed by atoms with van der Waals surface area (Å²) in [6.45, 7) is 2.06. The van der Waals surface area contributed by atoms with Crippen LogP contribution in [0.5, 0.6) is 11.5 Å². The predicted molar refractivity (Wildman–Crippen MR) is 146 cm³/mol. The number of amides is 1. The SMILES string of the molecule is Cc1cc(Oc2cnn(-c3cccc(F)c3)c(=O)c2Nc2cccc(C(=O)NCc3ccco3)c2)ccc1Cl. The number of furan rings is 1. The second kappa shape index (κ2) is 11.2. The number of nitrogens with one attached hydrogen (secondary N) is 2. The van der Waals surface area contributed by atoms with Crippen LogP contribution in [0.25, 0.3) is 5.69 Å². The van der Waals surface area contributed by atoms with Crippen LogP contribution < -0.4 is 20.9 Å². The second-order valence-corrected chi connectivity index (χ2v) is 8.97. The molecule has 0 unspecified atom stereocenters. The first-order chi connectivity index (χ1) is 18.9. The molecule has 0 aliphatic rings. The molecule has 0 aliphatic heterocycles. The maximum absolute atomic E-state index is 13.9. The number of halogens is 2. The van der Waals surface area contributed by atoms with Gasteiger partial charge < -0.3 is 19.8 Å². The number of aryl methyl sites for hydroxylation is 1. The van der Waals surface area contributed by atoms with Crippen LogP contribution in [0, 0.1) is 12.7 Å². The summed E-state index contributed by atoms with van der Waals surface area (Å²) in [4.78, 5) is 26.3. The van der Waals surface area contributed by atoms with E-state index in [1.54, 1.807) is 60.7 Å².